The van der Waals surface area contributed by atoms with E-state index in [9.17, 15) is 5.41 Å². The van der Waals surface area contributed by atoms with Crippen LogP contribution in [0, 0.1) is 26.2 Å². The van der Waals surface area contributed by atoms with Gasteiger partial charge in [-0.15, -0.1) is 0 Å². The van der Waals surface area contributed by atoms with Gasteiger partial charge in [0.2, 0.25) is 0 Å². The van der Waals surface area contributed by atoms with Crippen molar-refractivity contribution in [3.05, 3.63) is 98.6 Å². The van der Waals surface area contributed by atoms with Gasteiger partial charge in [0, 0.05) is 11.1 Å². The van der Waals surface area contributed by atoms with Gasteiger partial charge < -0.3 is 0 Å². The Hall–Kier alpha value is -2.93. The van der Waals surface area contributed by atoms with Crippen molar-refractivity contribution in [3.63, 3.8) is 0 Å². The fraction of sp³-hybridized carbons (Fsp3) is 0.250. The molecule has 0 fully saturated rings. The Morgan fingerprint density at radius 3 is 2.17 bits per heavy atom. The number of rotatable bonds is 3. The van der Waals surface area contributed by atoms with E-state index in [0.29, 0.717) is 5.71 Å². The summed E-state index contributed by atoms with van der Waals surface area (Å²) >= 11 is 0. The molecule has 1 heteroatoms. The first-order valence-electron chi connectivity index (χ1n) is 10.4. The van der Waals surface area contributed by atoms with Gasteiger partial charge in [0.05, 0.1) is 5.71 Å². The third kappa shape index (κ3) is 3.06. The molecule has 0 unspecified atom stereocenters. The van der Waals surface area contributed by atoms with Gasteiger partial charge in [-0.2, -0.15) is 0 Å². The number of fused-ring (bicyclic) bond motifs is 1. The van der Waals surface area contributed by atoms with Crippen LogP contribution in [0.3, 0.4) is 0 Å². The van der Waals surface area contributed by atoms with E-state index in [1.54, 1.807) is 0 Å². The molecule has 146 valence electrons. The summed E-state index contributed by atoms with van der Waals surface area (Å²) in [5.41, 5.74) is 13.3. The molecule has 0 amide bonds. The lowest BCUT2D eigenvalue weighted by molar-refractivity contribution is 1.22. The average Bonchev–Trinajstić information content (AvgIpc) is 2.98. The van der Waals surface area contributed by atoms with Crippen LogP contribution in [0.15, 0.2) is 65.3 Å². The average molecular weight is 380 g/mol. The molecule has 1 N–H and O–H groups in total. The van der Waals surface area contributed by atoms with Crippen molar-refractivity contribution in [1.29, 1.82) is 5.41 Å². The van der Waals surface area contributed by atoms with Crippen LogP contribution >= 0.6 is 0 Å². The molecule has 0 heterocycles. The lowest BCUT2D eigenvalue weighted by atomic mass is 9.85. The highest BCUT2D eigenvalue weighted by Gasteiger charge is 2.23. The fourth-order valence-electron chi connectivity index (χ4n) is 4.53. The molecule has 0 spiro atoms. The molecular formula is C28H29N. The maximum Gasteiger partial charge on any atom is 0.0699 e. The van der Waals surface area contributed by atoms with E-state index in [1.807, 2.05) is 0 Å². The zero-order valence-corrected chi connectivity index (χ0v) is 18.3. The zero-order valence-electron chi connectivity index (χ0n) is 18.3. The smallest absolute Gasteiger partial charge is 0.0699 e. The van der Waals surface area contributed by atoms with E-state index in [1.165, 1.54) is 49.9 Å². The maximum absolute atomic E-state index is 9.30. The monoisotopic (exact) mass is 379 g/mol. The van der Waals surface area contributed by atoms with Crippen LogP contribution in [0.5, 0.6) is 0 Å². The molecule has 1 nitrogen and oxygen atoms in total. The van der Waals surface area contributed by atoms with Gasteiger partial charge in [0.15, 0.2) is 0 Å². The highest BCUT2D eigenvalue weighted by molar-refractivity contribution is 6.21. The lowest BCUT2D eigenvalue weighted by Crippen LogP contribution is -2.10. The first-order chi connectivity index (χ1) is 13.8. The van der Waals surface area contributed by atoms with Crippen molar-refractivity contribution in [2.75, 3.05) is 0 Å². The van der Waals surface area contributed by atoms with Gasteiger partial charge in [-0.1, -0.05) is 54.1 Å². The van der Waals surface area contributed by atoms with E-state index in [-0.39, 0.29) is 0 Å². The summed E-state index contributed by atoms with van der Waals surface area (Å²) in [6, 6.07) is 17.2. The first kappa shape index (κ1) is 19.4. The minimum atomic E-state index is 0.625. The zero-order chi connectivity index (χ0) is 20.9. The first-order valence-corrected chi connectivity index (χ1v) is 10.4. The van der Waals surface area contributed by atoms with Crippen molar-refractivity contribution in [1.82, 2.24) is 0 Å². The maximum atomic E-state index is 9.30. The Morgan fingerprint density at radius 2 is 1.48 bits per heavy atom. The summed E-state index contributed by atoms with van der Waals surface area (Å²) in [6.07, 6.45) is 0.974. The highest BCUT2D eigenvalue weighted by Crippen LogP contribution is 2.41. The van der Waals surface area contributed by atoms with Gasteiger partial charge in [-0.05, 0) is 97.7 Å². The van der Waals surface area contributed by atoms with Crippen LogP contribution in [-0.2, 0) is 0 Å². The van der Waals surface area contributed by atoms with Crippen LogP contribution < -0.4 is 0 Å². The molecule has 0 bridgehead atoms. The van der Waals surface area contributed by atoms with Crippen molar-refractivity contribution in [2.45, 2.75) is 48.0 Å². The van der Waals surface area contributed by atoms with E-state index < -0.39 is 0 Å². The lowest BCUT2D eigenvalue weighted by Gasteiger charge is -2.19. The van der Waals surface area contributed by atoms with E-state index >= 15 is 0 Å². The van der Waals surface area contributed by atoms with Crippen LogP contribution in [-0.4, -0.2) is 5.71 Å². The van der Waals surface area contributed by atoms with E-state index in [0.717, 1.165) is 22.9 Å². The molecule has 0 atom stereocenters. The summed E-state index contributed by atoms with van der Waals surface area (Å²) in [7, 11) is 0. The molecule has 0 radical (unpaired) electrons. The quantitative estimate of drug-likeness (QED) is 0.451. The Balaban J connectivity index is 2.01. The number of aryl methyl sites for hydroxylation is 1. The van der Waals surface area contributed by atoms with Crippen LogP contribution in [0.4, 0.5) is 0 Å². The second-order valence-corrected chi connectivity index (χ2v) is 8.45. The Kier molecular flexibility index (Phi) is 4.78. The molecule has 0 aromatic heterocycles. The van der Waals surface area contributed by atoms with Crippen molar-refractivity contribution >= 4 is 22.1 Å². The third-order valence-corrected chi connectivity index (χ3v) is 6.93. The highest BCUT2D eigenvalue weighted by atomic mass is 14.4. The Labute approximate surface area is 174 Å². The van der Waals surface area contributed by atoms with Crippen LogP contribution in [0.25, 0.3) is 16.3 Å². The third-order valence-electron chi connectivity index (χ3n) is 6.93. The minimum absolute atomic E-state index is 0.625. The molecule has 1 aliphatic carbocycles. The fourth-order valence-corrected chi connectivity index (χ4v) is 4.53. The number of hydrogen-bond acceptors (Lipinski definition) is 1. The van der Waals surface area contributed by atoms with Crippen molar-refractivity contribution in [3.8, 4) is 0 Å². The number of hydrogen-bond donors (Lipinski definition) is 1. The predicted octanol–water partition coefficient (Wildman–Crippen LogP) is 7.69. The van der Waals surface area contributed by atoms with Gasteiger partial charge in [-0.3, -0.25) is 5.41 Å². The largest absolute Gasteiger partial charge is 0.300 e. The van der Waals surface area contributed by atoms with Crippen molar-refractivity contribution < 1.29 is 0 Å². The van der Waals surface area contributed by atoms with Gasteiger partial charge in [-0.25, -0.2) is 0 Å². The standard InChI is InChI=1S/C28H29N/c1-16-11-13-23(20(5)18(16)3)28(29)27-24-10-8-7-9-22(24)12-14-25(27)26-15-17(2)19(4)21(26)6/h7-14,29H,15H2,1-6H3. The Morgan fingerprint density at radius 1 is 0.759 bits per heavy atom. The number of nitrogens with one attached hydrogen (secondary N) is 1. The molecule has 0 saturated carbocycles. The molecule has 3 aromatic carbocycles. The Bertz CT molecular complexity index is 1230. The molecule has 29 heavy (non-hydrogen) atoms. The van der Waals surface area contributed by atoms with Crippen LogP contribution in [0.1, 0.15) is 60.6 Å². The minimum Gasteiger partial charge on any atom is -0.300 e. The number of allylic oxidation sites excluding steroid dienone is 4. The second kappa shape index (κ2) is 7.15. The SMILES string of the molecule is CC1=C(C)C(C)=C(c2ccc3ccccc3c2C(=N)c2ccc(C)c(C)c2C)C1. The molecule has 3 aromatic rings. The predicted molar refractivity (Wildman–Crippen MR) is 126 cm³/mol. The molecule has 0 aliphatic heterocycles. The summed E-state index contributed by atoms with van der Waals surface area (Å²) in [4.78, 5) is 0. The van der Waals surface area contributed by atoms with Gasteiger partial charge >= 0.3 is 0 Å². The van der Waals surface area contributed by atoms with E-state index in [2.05, 4.69) is 90.1 Å². The van der Waals surface area contributed by atoms with Crippen LogP contribution in [0.2, 0.25) is 0 Å². The summed E-state index contributed by atoms with van der Waals surface area (Å²) < 4.78 is 0. The van der Waals surface area contributed by atoms with Gasteiger partial charge in [0.1, 0.15) is 0 Å². The molecular weight excluding hydrogens is 350 g/mol. The number of benzene rings is 3. The summed E-state index contributed by atoms with van der Waals surface area (Å²) in [5, 5.41) is 11.6. The molecule has 0 saturated heterocycles. The topological polar surface area (TPSA) is 23.9 Å². The van der Waals surface area contributed by atoms with E-state index in [4.69, 9.17) is 0 Å². The van der Waals surface area contributed by atoms with Crippen molar-refractivity contribution in [2.24, 2.45) is 0 Å². The summed E-state index contributed by atoms with van der Waals surface area (Å²) in [5.74, 6) is 0. The summed E-state index contributed by atoms with van der Waals surface area (Å²) in [6.45, 7) is 13.1. The second-order valence-electron chi connectivity index (χ2n) is 8.45. The molecule has 4 rings (SSSR count). The van der Waals surface area contributed by atoms with Gasteiger partial charge in [0.25, 0.3) is 0 Å². The molecule has 1 aliphatic rings. The normalized spacial score (nSPS) is 14.3.